The smallest absolute Gasteiger partial charge is 0.272 e. The summed E-state index contributed by atoms with van der Waals surface area (Å²) in [6, 6.07) is 5.34. The number of hydrogen-bond donors (Lipinski definition) is 3. The molecule has 0 aliphatic carbocycles. The molecule has 0 spiro atoms. The van der Waals surface area contributed by atoms with Crippen LogP contribution in [0.5, 0.6) is 0 Å². The predicted octanol–water partition coefficient (Wildman–Crippen LogP) is 1.45. The Bertz CT molecular complexity index is 583. The molecule has 2 heterocycles. The number of aromatic amines is 1. The van der Waals surface area contributed by atoms with Crippen molar-refractivity contribution in [2.75, 3.05) is 6.54 Å². The van der Waals surface area contributed by atoms with Crippen LogP contribution in [0, 0.1) is 6.92 Å². The van der Waals surface area contributed by atoms with Crippen molar-refractivity contribution < 1.29 is 9.21 Å². The number of H-pyrrole nitrogens is 1. The molecule has 2 aromatic heterocycles. The summed E-state index contributed by atoms with van der Waals surface area (Å²) in [5.74, 6) is 1.20. The van der Waals surface area contributed by atoms with Crippen molar-refractivity contribution in [2.24, 2.45) is 5.73 Å². The van der Waals surface area contributed by atoms with Gasteiger partial charge in [0.2, 0.25) is 0 Å². The first kappa shape index (κ1) is 13.4. The predicted molar refractivity (Wildman–Crippen MR) is 71.6 cm³/mol. The van der Waals surface area contributed by atoms with Gasteiger partial charge < -0.3 is 15.5 Å². The van der Waals surface area contributed by atoms with E-state index in [1.165, 1.54) is 0 Å². The Morgan fingerprint density at radius 1 is 1.53 bits per heavy atom. The molecule has 0 aromatic carbocycles. The fraction of sp³-hybridized carbons (Fsp3) is 0.385. The zero-order valence-corrected chi connectivity index (χ0v) is 11.3. The summed E-state index contributed by atoms with van der Waals surface area (Å²) in [4.78, 5) is 12.0. The minimum absolute atomic E-state index is 0.263. The number of nitrogens with two attached hydrogens (primary N) is 1. The first-order valence-electron chi connectivity index (χ1n) is 6.06. The van der Waals surface area contributed by atoms with Gasteiger partial charge in [-0.3, -0.25) is 9.89 Å². The number of rotatable bonds is 4. The second-order valence-electron chi connectivity index (χ2n) is 5.12. The Morgan fingerprint density at radius 2 is 2.26 bits per heavy atom. The van der Waals surface area contributed by atoms with Gasteiger partial charge in [-0.15, -0.1) is 0 Å². The van der Waals surface area contributed by atoms with E-state index < -0.39 is 5.54 Å². The molecule has 6 nitrogen and oxygen atoms in total. The van der Waals surface area contributed by atoms with Gasteiger partial charge in [0.1, 0.15) is 11.5 Å². The van der Waals surface area contributed by atoms with Gasteiger partial charge in [0, 0.05) is 18.2 Å². The lowest BCUT2D eigenvalue weighted by molar-refractivity contribution is 0.0910. The maximum absolute atomic E-state index is 12.0. The largest absolute Gasteiger partial charge is 0.460 e. The van der Waals surface area contributed by atoms with Gasteiger partial charge in [0.25, 0.3) is 5.91 Å². The standard InChI is InChI=1S/C13H18N4O2/c1-8-4-5-11(19-8)9-6-10(17-16-9)12(18)15-13(2,3)7-14/h4-6H,7,14H2,1-3H3,(H,15,18)(H,16,17). The molecule has 4 N–H and O–H groups in total. The van der Waals surface area contributed by atoms with Crippen molar-refractivity contribution >= 4 is 5.91 Å². The Kier molecular flexibility index (Phi) is 3.44. The van der Waals surface area contributed by atoms with E-state index in [0.29, 0.717) is 23.7 Å². The van der Waals surface area contributed by atoms with E-state index in [0.717, 1.165) is 5.76 Å². The summed E-state index contributed by atoms with van der Waals surface area (Å²) in [6.07, 6.45) is 0. The third-order valence-electron chi connectivity index (χ3n) is 2.78. The average molecular weight is 262 g/mol. The molecule has 102 valence electrons. The summed E-state index contributed by atoms with van der Waals surface area (Å²) in [7, 11) is 0. The van der Waals surface area contributed by atoms with Crippen LogP contribution >= 0.6 is 0 Å². The van der Waals surface area contributed by atoms with E-state index in [9.17, 15) is 4.79 Å². The Morgan fingerprint density at radius 3 is 2.84 bits per heavy atom. The van der Waals surface area contributed by atoms with Crippen LogP contribution in [0.4, 0.5) is 0 Å². The highest BCUT2D eigenvalue weighted by molar-refractivity contribution is 5.93. The van der Waals surface area contributed by atoms with Crippen LogP contribution in [0.1, 0.15) is 30.1 Å². The van der Waals surface area contributed by atoms with Crippen LogP contribution in [0.3, 0.4) is 0 Å². The molecule has 0 saturated heterocycles. The third-order valence-corrected chi connectivity index (χ3v) is 2.78. The molecule has 0 aliphatic rings. The molecule has 1 amide bonds. The van der Waals surface area contributed by atoms with Crippen LogP contribution in [0.15, 0.2) is 22.6 Å². The lowest BCUT2D eigenvalue weighted by atomic mass is 10.1. The van der Waals surface area contributed by atoms with Gasteiger partial charge in [-0.05, 0) is 32.9 Å². The monoisotopic (exact) mass is 262 g/mol. The number of aromatic nitrogens is 2. The molecule has 0 bridgehead atoms. The minimum atomic E-state index is -0.461. The number of aryl methyl sites for hydroxylation is 1. The van der Waals surface area contributed by atoms with E-state index in [2.05, 4.69) is 15.5 Å². The maximum atomic E-state index is 12.0. The quantitative estimate of drug-likeness (QED) is 0.776. The molecule has 6 heteroatoms. The normalized spacial score (nSPS) is 11.6. The fourth-order valence-electron chi connectivity index (χ4n) is 1.57. The van der Waals surface area contributed by atoms with Gasteiger partial charge in [-0.2, -0.15) is 5.10 Å². The molecule has 0 fully saturated rings. The van der Waals surface area contributed by atoms with Crippen LogP contribution in [0.25, 0.3) is 11.5 Å². The molecular formula is C13H18N4O2. The van der Waals surface area contributed by atoms with E-state index in [-0.39, 0.29) is 5.91 Å². The number of furan rings is 1. The van der Waals surface area contributed by atoms with Crippen LogP contribution in [-0.2, 0) is 0 Å². The second-order valence-corrected chi connectivity index (χ2v) is 5.12. The number of hydrogen-bond acceptors (Lipinski definition) is 4. The average Bonchev–Trinajstić information content (AvgIpc) is 2.96. The van der Waals surface area contributed by atoms with Crippen molar-refractivity contribution in [1.29, 1.82) is 0 Å². The highest BCUT2D eigenvalue weighted by Gasteiger charge is 2.21. The van der Waals surface area contributed by atoms with Crippen molar-refractivity contribution in [1.82, 2.24) is 15.5 Å². The lowest BCUT2D eigenvalue weighted by Crippen LogP contribution is -2.48. The van der Waals surface area contributed by atoms with Crippen molar-refractivity contribution in [3.05, 3.63) is 29.7 Å². The number of amides is 1. The van der Waals surface area contributed by atoms with Gasteiger partial charge in [0.15, 0.2) is 11.5 Å². The van der Waals surface area contributed by atoms with Gasteiger partial charge in [-0.25, -0.2) is 0 Å². The van der Waals surface area contributed by atoms with E-state index >= 15 is 0 Å². The summed E-state index contributed by atoms with van der Waals surface area (Å²) < 4.78 is 5.46. The third kappa shape index (κ3) is 3.03. The van der Waals surface area contributed by atoms with E-state index in [4.69, 9.17) is 10.2 Å². The SMILES string of the molecule is Cc1ccc(-c2cc(C(=O)NC(C)(C)CN)n[nH]2)o1. The van der Waals surface area contributed by atoms with E-state index in [1.54, 1.807) is 6.07 Å². The molecule has 19 heavy (non-hydrogen) atoms. The highest BCUT2D eigenvalue weighted by Crippen LogP contribution is 2.20. The van der Waals surface area contributed by atoms with Gasteiger partial charge in [-0.1, -0.05) is 0 Å². The number of carbonyl (C=O) groups excluding carboxylic acids is 1. The highest BCUT2D eigenvalue weighted by atomic mass is 16.3. The zero-order valence-electron chi connectivity index (χ0n) is 11.3. The molecule has 0 aliphatic heterocycles. The Balaban J connectivity index is 2.15. The van der Waals surface area contributed by atoms with Crippen molar-refractivity contribution in [3.63, 3.8) is 0 Å². The summed E-state index contributed by atoms with van der Waals surface area (Å²) >= 11 is 0. The lowest BCUT2D eigenvalue weighted by Gasteiger charge is -2.23. The maximum Gasteiger partial charge on any atom is 0.272 e. The minimum Gasteiger partial charge on any atom is -0.460 e. The first-order valence-corrected chi connectivity index (χ1v) is 6.06. The molecule has 0 radical (unpaired) electrons. The summed E-state index contributed by atoms with van der Waals surface area (Å²) in [6.45, 7) is 5.92. The zero-order chi connectivity index (χ0) is 14.0. The molecular weight excluding hydrogens is 244 g/mol. The molecule has 2 rings (SSSR count). The van der Waals surface area contributed by atoms with Gasteiger partial charge >= 0.3 is 0 Å². The molecule has 0 atom stereocenters. The fourth-order valence-corrected chi connectivity index (χ4v) is 1.57. The summed E-state index contributed by atoms with van der Waals surface area (Å²) in [5.41, 5.74) is 6.09. The molecule has 0 unspecified atom stereocenters. The van der Waals surface area contributed by atoms with Gasteiger partial charge in [0.05, 0.1) is 0 Å². The second kappa shape index (κ2) is 4.89. The topological polar surface area (TPSA) is 96.9 Å². The summed E-state index contributed by atoms with van der Waals surface area (Å²) in [5, 5.41) is 9.58. The van der Waals surface area contributed by atoms with E-state index in [1.807, 2.05) is 32.9 Å². The van der Waals surface area contributed by atoms with Crippen LogP contribution in [-0.4, -0.2) is 28.2 Å². The molecule has 2 aromatic rings. The van der Waals surface area contributed by atoms with Crippen LogP contribution < -0.4 is 11.1 Å². The van der Waals surface area contributed by atoms with Crippen molar-refractivity contribution in [2.45, 2.75) is 26.3 Å². The Hall–Kier alpha value is -2.08. The molecule has 0 saturated carbocycles. The number of nitrogens with one attached hydrogen (secondary N) is 2. The first-order chi connectivity index (χ1) is 8.91. The van der Waals surface area contributed by atoms with Crippen LogP contribution in [0.2, 0.25) is 0 Å². The van der Waals surface area contributed by atoms with Crippen molar-refractivity contribution in [3.8, 4) is 11.5 Å². The number of nitrogens with zero attached hydrogens (tertiary/aromatic N) is 1. The Labute approximate surface area is 111 Å². The number of carbonyl (C=O) groups is 1.